The van der Waals surface area contributed by atoms with Crippen LogP contribution in [0.5, 0.6) is 0 Å². The van der Waals surface area contributed by atoms with Gasteiger partial charge in [-0.15, -0.1) is 0 Å². The first-order chi connectivity index (χ1) is 11.6. The fourth-order valence-electron chi connectivity index (χ4n) is 2.87. The third-order valence-corrected chi connectivity index (χ3v) is 6.12. The minimum absolute atomic E-state index is 0.354. The first-order valence-corrected chi connectivity index (χ1v) is 9.76. The van der Waals surface area contributed by atoms with Crippen LogP contribution in [0.15, 0.2) is 39.8 Å². The molecule has 1 aromatic carbocycles. The largest absolute Gasteiger partial charge is 0.379 e. The number of aromatic nitrogens is 1. The quantitative estimate of drug-likeness (QED) is 0.897. The molecule has 0 atom stereocenters. The summed E-state index contributed by atoms with van der Waals surface area (Å²) in [5.74, 6) is 0.769. The second-order valence-electron chi connectivity index (χ2n) is 6.13. The smallest absolute Gasteiger partial charge is 0.243 e. The molecule has 7 heteroatoms. The number of nitrogens with zero attached hydrogens (tertiary/aromatic N) is 2. The van der Waals surface area contributed by atoms with Gasteiger partial charge in [0.2, 0.25) is 10.0 Å². The van der Waals surface area contributed by atoms with E-state index in [-0.39, 0.29) is 0 Å². The van der Waals surface area contributed by atoms with Gasteiger partial charge in [-0.1, -0.05) is 18.0 Å². The molecule has 3 rings (SSSR count). The second kappa shape index (κ2) is 7.36. The lowest BCUT2D eigenvalue weighted by atomic mass is 10.2. The molecule has 1 aromatic heterocycles. The van der Waals surface area contributed by atoms with Crippen LogP contribution in [0.1, 0.15) is 37.1 Å². The molecule has 1 aliphatic rings. The zero-order chi connectivity index (χ0) is 17.0. The molecular formula is C17H23N3O3S. The van der Waals surface area contributed by atoms with E-state index in [1.165, 1.54) is 0 Å². The van der Waals surface area contributed by atoms with Gasteiger partial charge in [0.15, 0.2) is 0 Å². The zero-order valence-electron chi connectivity index (χ0n) is 13.9. The molecule has 2 heterocycles. The summed E-state index contributed by atoms with van der Waals surface area (Å²) < 4.78 is 32.1. The molecule has 1 saturated heterocycles. The van der Waals surface area contributed by atoms with E-state index in [1.807, 2.05) is 13.0 Å². The van der Waals surface area contributed by atoms with Crippen LogP contribution >= 0.6 is 0 Å². The van der Waals surface area contributed by atoms with Crippen molar-refractivity contribution in [2.75, 3.05) is 18.4 Å². The predicted octanol–water partition coefficient (Wildman–Crippen LogP) is 3.16. The molecule has 130 valence electrons. The topological polar surface area (TPSA) is 75.4 Å². The fourth-order valence-corrected chi connectivity index (χ4v) is 4.39. The average Bonchev–Trinajstić information content (AvgIpc) is 2.83. The van der Waals surface area contributed by atoms with Crippen LogP contribution in [-0.4, -0.2) is 31.0 Å². The molecule has 0 bridgehead atoms. The Labute approximate surface area is 142 Å². The molecule has 0 saturated carbocycles. The lowest BCUT2D eigenvalue weighted by Crippen LogP contribution is -2.31. The van der Waals surface area contributed by atoms with Gasteiger partial charge in [-0.2, -0.15) is 4.31 Å². The minimum Gasteiger partial charge on any atom is -0.379 e. The van der Waals surface area contributed by atoms with E-state index in [1.54, 1.807) is 28.6 Å². The number of nitrogens with one attached hydrogen (secondary N) is 1. The lowest BCUT2D eigenvalue weighted by Gasteiger charge is -2.20. The van der Waals surface area contributed by atoms with Gasteiger partial charge in [0.25, 0.3) is 0 Å². The number of rotatable bonds is 5. The maximum atomic E-state index is 12.7. The molecule has 0 aliphatic carbocycles. The molecule has 6 nitrogen and oxygen atoms in total. The van der Waals surface area contributed by atoms with Gasteiger partial charge < -0.3 is 9.84 Å². The summed E-state index contributed by atoms with van der Waals surface area (Å²) in [6.45, 7) is 3.62. The highest BCUT2D eigenvalue weighted by Crippen LogP contribution is 2.22. The summed E-state index contributed by atoms with van der Waals surface area (Å²) in [7, 11) is -3.39. The van der Waals surface area contributed by atoms with Crippen molar-refractivity contribution in [3.8, 4) is 0 Å². The van der Waals surface area contributed by atoms with E-state index < -0.39 is 10.0 Å². The molecule has 0 unspecified atom stereocenters. The van der Waals surface area contributed by atoms with Crippen molar-refractivity contribution in [1.29, 1.82) is 0 Å². The zero-order valence-corrected chi connectivity index (χ0v) is 14.7. The number of sulfonamides is 1. The van der Waals surface area contributed by atoms with Crippen LogP contribution in [0.3, 0.4) is 0 Å². The van der Waals surface area contributed by atoms with E-state index >= 15 is 0 Å². The first kappa shape index (κ1) is 17.0. The van der Waals surface area contributed by atoms with Gasteiger partial charge in [-0.05, 0) is 44.0 Å². The van der Waals surface area contributed by atoms with Gasteiger partial charge in [0, 0.05) is 24.8 Å². The molecule has 2 aromatic rings. The highest BCUT2D eigenvalue weighted by atomic mass is 32.2. The number of hydrogen-bond acceptors (Lipinski definition) is 5. The third-order valence-electron chi connectivity index (χ3n) is 4.21. The van der Waals surface area contributed by atoms with E-state index in [0.717, 1.165) is 42.8 Å². The Morgan fingerprint density at radius 2 is 1.79 bits per heavy atom. The maximum absolute atomic E-state index is 12.7. The van der Waals surface area contributed by atoms with E-state index in [0.29, 0.717) is 24.5 Å². The molecule has 0 radical (unpaired) electrons. The van der Waals surface area contributed by atoms with Crippen LogP contribution in [0, 0.1) is 6.92 Å². The maximum Gasteiger partial charge on any atom is 0.243 e. The van der Waals surface area contributed by atoms with Crippen molar-refractivity contribution in [3.05, 3.63) is 41.8 Å². The Kier molecular flexibility index (Phi) is 5.20. The van der Waals surface area contributed by atoms with E-state index in [9.17, 15) is 8.42 Å². The summed E-state index contributed by atoms with van der Waals surface area (Å²) in [5.41, 5.74) is 1.67. The van der Waals surface area contributed by atoms with Gasteiger partial charge in [-0.3, -0.25) is 0 Å². The highest BCUT2D eigenvalue weighted by Gasteiger charge is 2.24. The standard InChI is InChI=1S/C17H23N3O3S/c1-14-12-16(19-23-14)13-18-15-6-8-17(9-7-15)24(21,22)20-10-4-2-3-5-11-20/h6-9,12,18H,2-5,10-11,13H2,1H3. The predicted molar refractivity (Wildman–Crippen MR) is 92.2 cm³/mol. The SMILES string of the molecule is Cc1cc(CNc2ccc(S(=O)(=O)N3CCCCCC3)cc2)no1. The van der Waals surface area contributed by atoms with Crippen molar-refractivity contribution in [2.45, 2.75) is 44.0 Å². The Morgan fingerprint density at radius 1 is 1.12 bits per heavy atom. The summed E-state index contributed by atoms with van der Waals surface area (Å²) in [6.07, 6.45) is 4.10. The number of anilines is 1. The number of hydrogen-bond donors (Lipinski definition) is 1. The van der Waals surface area contributed by atoms with Crippen molar-refractivity contribution < 1.29 is 12.9 Å². The van der Waals surface area contributed by atoms with Gasteiger partial charge in [0.1, 0.15) is 11.5 Å². The Bertz CT molecular complexity index is 761. The molecule has 0 amide bonds. The van der Waals surface area contributed by atoms with Crippen molar-refractivity contribution in [3.63, 3.8) is 0 Å². The van der Waals surface area contributed by atoms with Crippen LogP contribution < -0.4 is 5.32 Å². The van der Waals surface area contributed by atoms with E-state index in [4.69, 9.17) is 4.52 Å². The summed E-state index contributed by atoms with van der Waals surface area (Å²) in [5, 5.41) is 7.13. The molecule has 1 N–H and O–H groups in total. The van der Waals surface area contributed by atoms with Crippen LogP contribution in [-0.2, 0) is 16.6 Å². The Hall–Kier alpha value is -1.86. The fraction of sp³-hybridized carbons (Fsp3) is 0.471. The highest BCUT2D eigenvalue weighted by molar-refractivity contribution is 7.89. The Morgan fingerprint density at radius 3 is 2.38 bits per heavy atom. The van der Waals surface area contributed by atoms with Gasteiger partial charge in [0.05, 0.1) is 11.4 Å². The van der Waals surface area contributed by atoms with Crippen LogP contribution in [0.25, 0.3) is 0 Å². The van der Waals surface area contributed by atoms with Crippen LogP contribution in [0.2, 0.25) is 0 Å². The normalized spacial score (nSPS) is 16.7. The minimum atomic E-state index is -3.39. The van der Waals surface area contributed by atoms with Crippen molar-refractivity contribution >= 4 is 15.7 Å². The molecular weight excluding hydrogens is 326 g/mol. The molecule has 1 fully saturated rings. The third kappa shape index (κ3) is 3.96. The monoisotopic (exact) mass is 349 g/mol. The Balaban J connectivity index is 1.66. The van der Waals surface area contributed by atoms with Crippen LogP contribution in [0.4, 0.5) is 5.69 Å². The number of benzene rings is 1. The van der Waals surface area contributed by atoms with Gasteiger partial charge >= 0.3 is 0 Å². The summed E-state index contributed by atoms with van der Waals surface area (Å²) in [4.78, 5) is 0.354. The first-order valence-electron chi connectivity index (χ1n) is 8.32. The molecule has 0 spiro atoms. The molecule has 24 heavy (non-hydrogen) atoms. The van der Waals surface area contributed by atoms with Gasteiger partial charge in [-0.25, -0.2) is 8.42 Å². The lowest BCUT2D eigenvalue weighted by molar-refractivity contribution is 0.391. The average molecular weight is 349 g/mol. The summed E-state index contributed by atoms with van der Waals surface area (Å²) in [6, 6.07) is 8.77. The second-order valence-corrected chi connectivity index (χ2v) is 8.06. The number of aryl methyl sites for hydroxylation is 1. The van der Waals surface area contributed by atoms with Crippen molar-refractivity contribution in [2.24, 2.45) is 0 Å². The van der Waals surface area contributed by atoms with E-state index in [2.05, 4.69) is 10.5 Å². The molecule has 1 aliphatic heterocycles. The van der Waals surface area contributed by atoms with Crippen molar-refractivity contribution in [1.82, 2.24) is 9.46 Å². The summed E-state index contributed by atoms with van der Waals surface area (Å²) >= 11 is 0.